The Morgan fingerprint density at radius 3 is 1.78 bits per heavy atom. The summed E-state index contributed by atoms with van der Waals surface area (Å²) in [6, 6.07) is -3.55. The second-order valence-corrected chi connectivity index (χ2v) is 10.1. The van der Waals surface area contributed by atoms with E-state index in [0.717, 1.165) is 19.9 Å². The van der Waals surface area contributed by atoms with Crippen LogP contribution in [0, 0.1) is 11.8 Å². The quantitative estimate of drug-likeness (QED) is 0.424. The number of halogens is 7. The molecule has 0 bridgehead atoms. The fourth-order valence-electron chi connectivity index (χ4n) is 3.32. The fourth-order valence-corrected chi connectivity index (χ4v) is 3.32. The molecular weight excluding hydrogens is 519 g/mol. The number of nitrogens with one attached hydrogen (secondary N) is 2. The molecule has 8 nitrogen and oxygen atoms in total. The van der Waals surface area contributed by atoms with Gasteiger partial charge in [0.1, 0.15) is 17.3 Å². The van der Waals surface area contributed by atoms with Crippen LogP contribution in [0.5, 0.6) is 0 Å². The van der Waals surface area contributed by atoms with Gasteiger partial charge in [-0.3, -0.25) is 19.7 Å². The normalized spacial score (nSPS) is 16.5. The molecule has 3 amide bonds. The van der Waals surface area contributed by atoms with Crippen molar-refractivity contribution in [1.29, 1.82) is 0 Å². The second-order valence-electron chi connectivity index (χ2n) is 10.1. The molecule has 0 spiro atoms. The van der Waals surface area contributed by atoms with Crippen molar-refractivity contribution in [2.24, 2.45) is 11.8 Å². The first-order valence-corrected chi connectivity index (χ1v) is 11.1. The van der Waals surface area contributed by atoms with Crippen LogP contribution in [0.1, 0.15) is 48.5 Å². The Kier molecular flexibility index (Phi) is 9.44. The lowest BCUT2D eigenvalue weighted by Crippen LogP contribution is -2.63. The molecule has 0 aromatic heterocycles. The van der Waals surface area contributed by atoms with Crippen molar-refractivity contribution in [2.75, 3.05) is 6.54 Å². The molecule has 0 radical (unpaired) electrons. The third-order valence-electron chi connectivity index (χ3n) is 5.18. The van der Waals surface area contributed by atoms with Crippen molar-refractivity contribution >= 4 is 23.7 Å². The van der Waals surface area contributed by atoms with Crippen molar-refractivity contribution in [3.63, 3.8) is 0 Å². The van der Waals surface area contributed by atoms with Crippen LogP contribution in [-0.4, -0.2) is 70.8 Å². The number of imide groups is 1. The number of carbonyl (C=O) groups excluding carboxylic acids is 4. The molecule has 2 N–H and O–H groups in total. The summed E-state index contributed by atoms with van der Waals surface area (Å²) in [6.45, 7) is 9.57. The van der Waals surface area contributed by atoms with Gasteiger partial charge in [-0.05, 0) is 38.7 Å². The molecular formula is C22H30F7N3O5. The fraction of sp³-hybridized carbons (Fsp3) is 0.727. The molecule has 1 unspecified atom stereocenters. The number of hydrogen-bond donors (Lipinski definition) is 2. The first kappa shape index (κ1) is 32.2. The van der Waals surface area contributed by atoms with E-state index in [4.69, 9.17) is 4.74 Å². The van der Waals surface area contributed by atoms with Gasteiger partial charge in [-0.1, -0.05) is 27.7 Å². The lowest BCUT2D eigenvalue weighted by molar-refractivity contribution is -0.344. The Balaban J connectivity index is 3.10. The number of ketones is 1. The van der Waals surface area contributed by atoms with E-state index in [2.05, 4.69) is 5.32 Å². The van der Waals surface area contributed by atoms with Gasteiger partial charge in [-0.25, -0.2) is 4.79 Å². The van der Waals surface area contributed by atoms with Crippen LogP contribution in [0.4, 0.5) is 35.5 Å². The predicted octanol–water partition coefficient (Wildman–Crippen LogP) is 3.80. The minimum Gasteiger partial charge on any atom is -0.444 e. The summed E-state index contributed by atoms with van der Waals surface area (Å²) >= 11 is 0. The summed E-state index contributed by atoms with van der Waals surface area (Å²) in [7, 11) is 0. The summed E-state index contributed by atoms with van der Waals surface area (Å²) in [5.41, 5.74) is -1.47. The Bertz CT molecular complexity index is 940. The van der Waals surface area contributed by atoms with Crippen LogP contribution in [0.25, 0.3) is 0 Å². The number of alkyl carbamates (subject to hydrolysis) is 1. The zero-order valence-corrected chi connectivity index (χ0v) is 21.2. The summed E-state index contributed by atoms with van der Waals surface area (Å²) < 4.78 is 98.0. The number of Topliss-reactive ketones (excluding diaryl/α,β-unsaturated/α-hetero) is 1. The van der Waals surface area contributed by atoms with E-state index in [-0.39, 0.29) is 0 Å². The Labute approximate surface area is 208 Å². The standard InChI is InChI=1S/C22H30F7N3O5/c1-10(2)13(30-18(36)37-19(5,6)7)17(35)31-16(34)12-8-9-32(12)14(11(3)4)15(33)20(23,24)21(25,26)22(27,28)29/h8,10-11,13-14H,9H2,1-7H3,(H,30,36)(H,31,34,35)/t13-,14?/m0/s1. The molecule has 1 aliphatic rings. The predicted molar refractivity (Wildman–Crippen MR) is 116 cm³/mol. The van der Waals surface area contributed by atoms with Crippen LogP contribution in [0.2, 0.25) is 0 Å². The van der Waals surface area contributed by atoms with Crippen molar-refractivity contribution in [1.82, 2.24) is 15.5 Å². The Morgan fingerprint density at radius 1 is 0.919 bits per heavy atom. The minimum absolute atomic E-state index is 0.414. The molecule has 15 heteroatoms. The maximum absolute atomic E-state index is 14.1. The van der Waals surface area contributed by atoms with Crippen LogP contribution in [-0.2, 0) is 19.1 Å². The molecule has 1 aliphatic heterocycles. The van der Waals surface area contributed by atoms with Crippen molar-refractivity contribution in [2.45, 2.75) is 84.2 Å². The molecule has 2 atom stereocenters. The zero-order chi connectivity index (χ0) is 29.3. The van der Waals surface area contributed by atoms with Crippen LogP contribution in [0.15, 0.2) is 11.8 Å². The number of ether oxygens (including phenoxy) is 1. The van der Waals surface area contributed by atoms with E-state index in [1.165, 1.54) is 13.8 Å². The first-order chi connectivity index (χ1) is 16.5. The molecule has 0 aromatic rings. The van der Waals surface area contributed by atoms with Crippen LogP contribution < -0.4 is 10.6 Å². The average Bonchev–Trinajstić information content (AvgIpc) is 2.65. The summed E-state index contributed by atoms with van der Waals surface area (Å²) in [4.78, 5) is 50.2. The number of carbonyl (C=O) groups is 4. The number of rotatable bonds is 9. The van der Waals surface area contributed by atoms with E-state index in [1.807, 2.05) is 5.32 Å². The SMILES string of the molecule is CC(C)C(C(=O)C(F)(F)C(F)(F)C(F)(F)F)N1CC=C1C(=O)NC(=O)[C@@H](NC(=O)OC(C)(C)C)C(C)C. The van der Waals surface area contributed by atoms with E-state index in [9.17, 15) is 49.9 Å². The molecule has 1 heterocycles. The lowest BCUT2D eigenvalue weighted by Gasteiger charge is -2.42. The maximum Gasteiger partial charge on any atom is 0.460 e. The van der Waals surface area contributed by atoms with Crippen LogP contribution in [0.3, 0.4) is 0 Å². The molecule has 0 saturated heterocycles. The zero-order valence-electron chi connectivity index (χ0n) is 21.2. The van der Waals surface area contributed by atoms with E-state index < -0.39 is 83.5 Å². The molecule has 0 aromatic carbocycles. The van der Waals surface area contributed by atoms with Crippen LogP contribution >= 0.6 is 0 Å². The lowest BCUT2D eigenvalue weighted by atomic mass is 9.89. The summed E-state index contributed by atoms with van der Waals surface area (Å²) in [5.74, 6) is -19.6. The molecule has 1 rings (SSSR count). The van der Waals surface area contributed by atoms with Gasteiger partial charge in [0.2, 0.25) is 11.7 Å². The van der Waals surface area contributed by atoms with Crippen molar-refractivity contribution in [3.8, 4) is 0 Å². The van der Waals surface area contributed by atoms with Gasteiger partial charge in [0, 0.05) is 6.54 Å². The third kappa shape index (κ3) is 7.12. The molecule has 0 fully saturated rings. The molecule has 0 aliphatic carbocycles. The summed E-state index contributed by atoms with van der Waals surface area (Å²) in [6.07, 6.45) is -6.62. The smallest absolute Gasteiger partial charge is 0.444 e. The van der Waals surface area contributed by atoms with Gasteiger partial charge in [-0.2, -0.15) is 30.7 Å². The minimum atomic E-state index is -6.71. The number of alkyl halides is 7. The van der Waals surface area contributed by atoms with E-state index >= 15 is 0 Å². The van der Waals surface area contributed by atoms with Gasteiger partial charge in [0.05, 0.1) is 6.04 Å². The number of nitrogens with zero attached hydrogens (tertiary/aromatic N) is 1. The molecule has 0 saturated carbocycles. The first-order valence-electron chi connectivity index (χ1n) is 11.1. The molecule has 212 valence electrons. The number of amides is 3. The number of hydrogen-bond acceptors (Lipinski definition) is 6. The topological polar surface area (TPSA) is 105 Å². The average molecular weight is 549 g/mol. The van der Waals surface area contributed by atoms with Gasteiger partial charge in [0.15, 0.2) is 0 Å². The van der Waals surface area contributed by atoms with Gasteiger partial charge >= 0.3 is 24.1 Å². The highest BCUT2D eigenvalue weighted by Crippen LogP contribution is 2.48. The highest BCUT2D eigenvalue weighted by molar-refractivity contribution is 6.07. The van der Waals surface area contributed by atoms with Gasteiger partial charge in [-0.15, -0.1) is 0 Å². The highest BCUT2D eigenvalue weighted by Gasteiger charge is 2.77. The van der Waals surface area contributed by atoms with Gasteiger partial charge in [0.25, 0.3) is 5.91 Å². The van der Waals surface area contributed by atoms with Crippen molar-refractivity contribution < 1.29 is 54.6 Å². The third-order valence-corrected chi connectivity index (χ3v) is 5.18. The van der Waals surface area contributed by atoms with E-state index in [1.54, 1.807) is 20.8 Å². The van der Waals surface area contributed by atoms with Gasteiger partial charge < -0.3 is 15.0 Å². The maximum atomic E-state index is 14.1. The van der Waals surface area contributed by atoms with Crippen molar-refractivity contribution in [3.05, 3.63) is 11.8 Å². The van der Waals surface area contributed by atoms with E-state index in [0.29, 0.717) is 4.90 Å². The second kappa shape index (κ2) is 10.9. The highest BCUT2D eigenvalue weighted by atomic mass is 19.4. The largest absolute Gasteiger partial charge is 0.460 e. The molecule has 37 heavy (non-hydrogen) atoms. The Hall–Kier alpha value is -2.87. The summed E-state index contributed by atoms with van der Waals surface area (Å²) in [5, 5.41) is 4.17. The Morgan fingerprint density at radius 2 is 1.43 bits per heavy atom. The monoisotopic (exact) mass is 549 g/mol.